The largest absolute Gasteiger partial charge is 0.463 e. The van der Waals surface area contributed by atoms with Crippen LogP contribution in [0, 0.1) is 0 Å². The maximum Gasteiger partial charge on any atom is 0.352 e. The summed E-state index contributed by atoms with van der Waals surface area (Å²) < 4.78 is 5.23. The van der Waals surface area contributed by atoms with Crippen LogP contribution in [-0.4, -0.2) is 43.2 Å². The molecule has 23 heavy (non-hydrogen) atoms. The van der Waals surface area contributed by atoms with Gasteiger partial charge in [0.1, 0.15) is 5.69 Å². The summed E-state index contributed by atoms with van der Waals surface area (Å²) in [6.07, 6.45) is 1.62. The first-order valence-corrected chi connectivity index (χ1v) is 11.7. The van der Waals surface area contributed by atoms with E-state index in [2.05, 4.69) is 29.8 Å². The summed E-state index contributed by atoms with van der Waals surface area (Å²) in [4.78, 5) is 32.1. The van der Waals surface area contributed by atoms with E-state index in [0.29, 0.717) is 11.7 Å². The van der Waals surface area contributed by atoms with Crippen LogP contribution in [0.1, 0.15) is 19.5 Å². The number of thiazole rings is 1. The molecule has 0 fully saturated rings. The number of nitrogen functional groups attached to an aromatic ring is 1. The fourth-order valence-corrected chi connectivity index (χ4v) is 2.60. The van der Waals surface area contributed by atoms with E-state index >= 15 is 0 Å². The first-order chi connectivity index (χ1) is 10.5. The van der Waals surface area contributed by atoms with Crippen LogP contribution >= 0.6 is 11.3 Å². The van der Waals surface area contributed by atoms with Crippen molar-refractivity contribution in [1.82, 2.24) is 4.98 Å². The zero-order valence-electron chi connectivity index (χ0n) is 14.0. The predicted molar refractivity (Wildman–Crippen MR) is 93.0 cm³/mol. The molecule has 0 spiro atoms. The first kappa shape index (κ1) is 19.3. The number of hydrogen-bond acceptors (Lipinski definition) is 8. The standard InChI is InChI=1S/C14H22N3O4SSi/c1-14(2,12(19)20-6-7-23(3,4)5)21-17-10(8-18)11-9-22-13(15)16-11/h9H,6-7H2,1-5H3,(H2,15,16). The predicted octanol–water partition coefficient (Wildman–Crippen LogP) is 2.22. The molecular formula is C14H22N3O4SSi. The molecule has 0 unspecified atom stereocenters. The first-order valence-electron chi connectivity index (χ1n) is 7.08. The molecule has 0 aliphatic heterocycles. The number of rotatable bonds is 8. The lowest BCUT2D eigenvalue weighted by Gasteiger charge is -2.22. The van der Waals surface area contributed by atoms with Gasteiger partial charge in [-0.15, -0.1) is 11.3 Å². The minimum atomic E-state index is -1.32. The monoisotopic (exact) mass is 356 g/mol. The lowest BCUT2D eigenvalue weighted by Crippen LogP contribution is -2.36. The van der Waals surface area contributed by atoms with Gasteiger partial charge in [0.2, 0.25) is 5.60 Å². The van der Waals surface area contributed by atoms with Crippen molar-refractivity contribution in [3.8, 4) is 0 Å². The van der Waals surface area contributed by atoms with Gasteiger partial charge in [-0.05, 0) is 19.9 Å². The topological polar surface area (TPSA) is 104 Å². The number of carbonyl (C=O) groups excluding carboxylic acids is 2. The van der Waals surface area contributed by atoms with Crippen LogP contribution in [0.2, 0.25) is 25.7 Å². The molecule has 1 aromatic rings. The second-order valence-corrected chi connectivity index (χ2v) is 13.2. The molecule has 0 aliphatic rings. The Kier molecular flexibility index (Phi) is 6.45. The molecule has 0 aromatic carbocycles. The van der Waals surface area contributed by atoms with Crippen LogP contribution in [0.15, 0.2) is 10.5 Å². The lowest BCUT2D eigenvalue weighted by atomic mass is 10.1. The Labute approximate surface area is 140 Å². The zero-order valence-corrected chi connectivity index (χ0v) is 15.8. The van der Waals surface area contributed by atoms with E-state index < -0.39 is 19.6 Å². The highest BCUT2D eigenvalue weighted by Crippen LogP contribution is 2.16. The third-order valence-corrected chi connectivity index (χ3v) is 5.18. The van der Waals surface area contributed by atoms with Crippen LogP contribution in [0.25, 0.3) is 0 Å². The average Bonchev–Trinajstić information content (AvgIpc) is 2.84. The molecule has 2 N–H and O–H groups in total. The van der Waals surface area contributed by atoms with E-state index in [1.807, 2.05) is 0 Å². The van der Waals surface area contributed by atoms with Crippen molar-refractivity contribution < 1.29 is 19.2 Å². The Morgan fingerprint density at radius 1 is 1.48 bits per heavy atom. The average molecular weight is 357 g/mol. The fraction of sp³-hybridized carbons (Fsp3) is 0.571. The number of hydrogen-bond donors (Lipinski definition) is 1. The molecule has 0 bridgehead atoms. The third-order valence-electron chi connectivity index (χ3n) is 2.80. The van der Waals surface area contributed by atoms with Gasteiger partial charge in [0.15, 0.2) is 10.8 Å². The van der Waals surface area contributed by atoms with E-state index in [1.54, 1.807) is 11.7 Å². The van der Waals surface area contributed by atoms with Crippen molar-refractivity contribution in [2.45, 2.75) is 45.1 Å². The molecule has 0 saturated heterocycles. The van der Waals surface area contributed by atoms with E-state index in [-0.39, 0.29) is 11.4 Å². The van der Waals surface area contributed by atoms with Gasteiger partial charge in [-0.2, -0.15) is 0 Å². The van der Waals surface area contributed by atoms with Crippen LogP contribution in [0.3, 0.4) is 0 Å². The van der Waals surface area contributed by atoms with E-state index in [1.165, 1.54) is 13.8 Å². The number of ether oxygens (including phenoxy) is 1. The SMILES string of the molecule is CC(C)(ON=C([C]=O)c1csc(N)n1)C(=O)OCC[Si](C)(C)C. The molecule has 1 radical (unpaired) electrons. The number of anilines is 1. The molecule has 7 nitrogen and oxygen atoms in total. The summed E-state index contributed by atoms with van der Waals surface area (Å²) in [7, 11) is -1.28. The normalized spacial score (nSPS) is 12.8. The van der Waals surface area contributed by atoms with E-state index in [4.69, 9.17) is 15.3 Å². The third kappa shape index (κ3) is 6.49. The summed E-state index contributed by atoms with van der Waals surface area (Å²) in [6.45, 7) is 9.96. The molecule has 0 aliphatic carbocycles. The van der Waals surface area contributed by atoms with Crippen molar-refractivity contribution in [3.63, 3.8) is 0 Å². The molecular weight excluding hydrogens is 334 g/mol. The summed E-state index contributed by atoms with van der Waals surface area (Å²) >= 11 is 1.16. The quantitative estimate of drug-likeness (QED) is 0.331. The van der Waals surface area contributed by atoms with E-state index in [9.17, 15) is 9.59 Å². The number of nitrogens with zero attached hydrogens (tertiary/aromatic N) is 2. The van der Waals surface area contributed by atoms with Crippen molar-refractivity contribution in [2.75, 3.05) is 12.3 Å². The smallest absolute Gasteiger partial charge is 0.352 e. The summed E-state index contributed by atoms with van der Waals surface area (Å²) in [5.74, 6) is -0.539. The molecule has 0 saturated carbocycles. The Morgan fingerprint density at radius 3 is 2.61 bits per heavy atom. The van der Waals surface area contributed by atoms with Crippen LogP contribution in [0.4, 0.5) is 5.13 Å². The fourth-order valence-electron chi connectivity index (χ4n) is 1.33. The lowest BCUT2D eigenvalue weighted by molar-refractivity contribution is -0.167. The maximum absolute atomic E-state index is 12.1. The number of esters is 1. The summed E-state index contributed by atoms with van der Waals surface area (Å²) in [5, 5.41) is 5.52. The maximum atomic E-state index is 12.1. The summed E-state index contributed by atoms with van der Waals surface area (Å²) in [6, 6.07) is 0.865. The number of carbonyl (C=O) groups is 1. The van der Waals surface area contributed by atoms with Gasteiger partial charge in [-0.1, -0.05) is 24.8 Å². The van der Waals surface area contributed by atoms with Crippen molar-refractivity contribution >= 4 is 42.5 Å². The van der Waals surface area contributed by atoms with Gasteiger partial charge in [0, 0.05) is 13.5 Å². The highest BCUT2D eigenvalue weighted by Gasteiger charge is 2.33. The second kappa shape index (κ2) is 7.69. The Balaban J connectivity index is 2.67. The molecule has 1 aromatic heterocycles. The second-order valence-electron chi connectivity index (χ2n) is 6.66. The summed E-state index contributed by atoms with van der Waals surface area (Å²) in [5.41, 5.74) is 4.29. The van der Waals surface area contributed by atoms with Crippen molar-refractivity contribution in [3.05, 3.63) is 11.1 Å². The number of nitrogens with two attached hydrogens (primary N) is 1. The highest BCUT2D eigenvalue weighted by molar-refractivity contribution is 7.13. The number of oxime groups is 1. The number of aromatic nitrogens is 1. The molecule has 9 heteroatoms. The van der Waals surface area contributed by atoms with Crippen molar-refractivity contribution in [1.29, 1.82) is 0 Å². The zero-order chi connectivity index (χ0) is 17.7. The minimum Gasteiger partial charge on any atom is -0.463 e. The van der Waals surface area contributed by atoms with Gasteiger partial charge in [0.25, 0.3) is 6.29 Å². The molecule has 1 heterocycles. The van der Waals surface area contributed by atoms with Gasteiger partial charge in [-0.25, -0.2) is 9.78 Å². The van der Waals surface area contributed by atoms with Gasteiger partial charge in [-0.3, -0.25) is 4.79 Å². The van der Waals surface area contributed by atoms with Gasteiger partial charge < -0.3 is 15.3 Å². The Morgan fingerprint density at radius 2 is 2.13 bits per heavy atom. The molecule has 127 valence electrons. The highest BCUT2D eigenvalue weighted by atomic mass is 32.1. The molecule has 0 atom stereocenters. The van der Waals surface area contributed by atoms with Crippen molar-refractivity contribution in [2.24, 2.45) is 5.16 Å². The Bertz CT molecular complexity index is 593. The molecule has 0 amide bonds. The molecule has 1 rings (SSSR count). The Hall–Kier alpha value is -1.74. The van der Waals surface area contributed by atoms with Gasteiger partial charge in [0.05, 0.1) is 6.61 Å². The van der Waals surface area contributed by atoms with Crippen LogP contribution < -0.4 is 5.73 Å². The van der Waals surface area contributed by atoms with Gasteiger partial charge >= 0.3 is 5.97 Å². The van der Waals surface area contributed by atoms with Crippen LogP contribution in [0.5, 0.6) is 0 Å². The van der Waals surface area contributed by atoms with Crippen LogP contribution in [-0.2, 0) is 19.2 Å². The minimum absolute atomic E-state index is 0.152. The van der Waals surface area contributed by atoms with E-state index in [0.717, 1.165) is 17.4 Å².